The van der Waals surface area contributed by atoms with Gasteiger partial charge in [-0.15, -0.1) is 24.0 Å². The molecule has 1 fully saturated rings. The minimum absolute atomic E-state index is 0. The van der Waals surface area contributed by atoms with Crippen LogP contribution in [0.1, 0.15) is 46.5 Å². The number of nitrogens with zero attached hydrogens (tertiary/aromatic N) is 1. The van der Waals surface area contributed by atoms with E-state index in [0.29, 0.717) is 11.4 Å². The summed E-state index contributed by atoms with van der Waals surface area (Å²) in [6.07, 6.45) is 5.98. The second-order valence-electron chi connectivity index (χ2n) is 7.18. The van der Waals surface area contributed by atoms with Gasteiger partial charge >= 0.3 is 0 Å². The third-order valence-corrected chi connectivity index (χ3v) is 6.98. The summed E-state index contributed by atoms with van der Waals surface area (Å²) >= 11 is 0. The number of nitrogens with one attached hydrogen (secondary N) is 2. The first kappa shape index (κ1) is 23.9. The topological polar surface area (TPSA) is 79.8 Å². The SMILES string of the molecule is CCNC(=NCC(C)(C)S(C)(=O)=O)NCC1(CCOC)CCC1.I. The number of sulfone groups is 1. The van der Waals surface area contributed by atoms with E-state index in [0.717, 1.165) is 26.1 Å². The normalized spacial score (nSPS) is 17.6. The zero-order chi connectivity index (χ0) is 17.6. The number of guanidine groups is 1. The van der Waals surface area contributed by atoms with E-state index in [2.05, 4.69) is 15.6 Å². The zero-order valence-corrected chi connectivity index (χ0v) is 18.8. The summed E-state index contributed by atoms with van der Waals surface area (Å²) in [7, 11) is -1.41. The Morgan fingerprint density at radius 1 is 1.29 bits per heavy atom. The second kappa shape index (κ2) is 10.2. The maximum atomic E-state index is 11.8. The number of rotatable bonds is 9. The molecule has 0 saturated heterocycles. The van der Waals surface area contributed by atoms with Gasteiger partial charge in [-0.25, -0.2) is 8.42 Å². The summed E-state index contributed by atoms with van der Waals surface area (Å²) in [5.74, 6) is 0.688. The van der Waals surface area contributed by atoms with Crippen LogP contribution in [0, 0.1) is 5.41 Å². The van der Waals surface area contributed by atoms with Gasteiger partial charge in [-0.3, -0.25) is 4.99 Å². The van der Waals surface area contributed by atoms with Gasteiger partial charge in [0.05, 0.1) is 11.3 Å². The molecule has 1 rings (SSSR count). The summed E-state index contributed by atoms with van der Waals surface area (Å²) < 4.78 is 27.9. The predicted octanol–water partition coefficient (Wildman–Crippen LogP) is 2.19. The van der Waals surface area contributed by atoms with Crippen molar-refractivity contribution in [3.05, 3.63) is 0 Å². The van der Waals surface area contributed by atoms with Gasteiger partial charge in [-0.1, -0.05) is 6.42 Å². The van der Waals surface area contributed by atoms with Crippen LogP contribution >= 0.6 is 24.0 Å². The third-order valence-electron chi connectivity index (χ3n) is 4.85. The van der Waals surface area contributed by atoms with Crippen molar-refractivity contribution in [2.24, 2.45) is 10.4 Å². The highest BCUT2D eigenvalue weighted by Gasteiger charge is 2.36. The monoisotopic (exact) mass is 475 g/mol. The molecular weight excluding hydrogens is 441 g/mol. The Morgan fingerprint density at radius 3 is 2.33 bits per heavy atom. The van der Waals surface area contributed by atoms with Crippen LogP contribution in [0.25, 0.3) is 0 Å². The van der Waals surface area contributed by atoms with E-state index in [-0.39, 0.29) is 30.5 Å². The Kier molecular flexibility index (Phi) is 10.1. The highest BCUT2D eigenvalue weighted by atomic mass is 127. The molecule has 8 heteroatoms. The van der Waals surface area contributed by atoms with Gasteiger partial charge in [0, 0.05) is 33.1 Å². The van der Waals surface area contributed by atoms with E-state index in [1.807, 2.05) is 6.92 Å². The molecule has 0 radical (unpaired) electrons. The molecule has 0 unspecified atom stereocenters. The van der Waals surface area contributed by atoms with Crippen LogP contribution in [0.2, 0.25) is 0 Å². The molecule has 6 nitrogen and oxygen atoms in total. The minimum atomic E-state index is -3.14. The fraction of sp³-hybridized carbons (Fsp3) is 0.938. The van der Waals surface area contributed by atoms with Crippen LogP contribution in [0.5, 0.6) is 0 Å². The Bertz CT molecular complexity index is 503. The van der Waals surface area contributed by atoms with Crippen LogP contribution < -0.4 is 10.6 Å². The van der Waals surface area contributed by atoms with Crippen LogP contribution in [0.3, 0.4) is 0 Å². The van der Waals surface area contributed by atoms with E-state index in [4.69, 9.17) is 4.74 Å². The lowest BCUT2D eigenvalue weighted by atomic mass is 9.67. The number of aliphatic imine (C=N–C) groups is 1. The van der Waals surface area contributed by atoms with E-state index in [9.17, 15) is 8.42 Å². The predicted molar refractivity (Wildman–Crippen MR) is 111 cm³/mol. The van der Waals surface area contributed by atoms with E-state index < -0.39 is 14.6 Å². The molecule has 0 aromatic carbocycles. The van der Waals surface area contributed by atoms with Crippen LogP contribution in [-0.4, -0.2) is 58.7 Å². The molecule has 1 aliphatic rings. The van der Waals surface area contributed by atoms with Gasteiger partial charge < -0.3 is 15.4 Å². The van der Waals surface area contributed by atoms with Crippen molar-refractivity contribution in [3.8, 4) is 0 Å². The van der Waals surface area contributed by atoms with Gasteiger partial charge in [0.1, 0.15) is 0 Å². The molecule has 144 valence electrons. The summed E-state index contributed by atoms with van der Waals surface area (Å²) in [6.45, 7) is 8.03. The Morgan fingerprint density at radius 2 is 1.92 bits per heavy atom. The van der Waals surface area contributed by atoms with Crippen LogP contribution in [0.4, 0.5) is 0 Å². The molecule has 1 aliphatic carbocycles. The number of halogens is 1. The van der Waals surface area contributed by atoms with Crippen molar-refractivity contribution in [1.82, 2.24) is 10.6 Å². The molecule has 24 heavy (non-hydrogen) atoms. The Balaban J connectivity index is 0.00000529. The van der Waals surface area contributed by atoms with Crippen molar-refractivity contribution in [3.63, 3.8) is 0 Å². The molecular formula is C16H34IN3O3S. The molecule has 0 heterocycles. The average molecular weight is 475 g/mol. The quantitative estimate of drug-likeness (QED) is 0.304. The smallest absolute Gasteiger partial charge is 0.191 e. The van der Waals surface area contributed by atoms with Gasteiger partial charge in [0.15, 0.2) is 15.8 Å². The molecule has 1 saturated carbocycles. The molecule has 0 amide bonds. The summed E-state index contributed by atoms with van der Waals surface area (Å²) in [6, 6.07) is 0. The first-order chi connectivity index (χ1) is 10.7. The van der Waals surface area contributed by atoms with Crippen LogP contribution in [-0.2, 0) is 14.6 Å². The largest absolute Gasteiger partial charge is 0.385 e. The maximum absolute atomic E-state index is 11.8. The van der Waals surface area contributed by atoms with Gasteiger partial charge in [0.2, 0.25) is 0 Å². The lowest BCUT2D eigenvalue weighted by molar-refractivity contribution is 0.0732. The van der Waals surface area contributed by atoms with Crippen molar-refractivity contribution in [2.45, 2.75) is 51.2 Å². The van der Waals surface area contributed by atoms with E-state index >= 15 is 0 Å². The lowest BCUT2D eigenvalue weighted by Gasteiger charge is -2.42. The molecule has 0 spiro atoms. The van der Waals surface area contributed by atoms with E-state index in [1.54, 1.807) is 21.0 Å². The number of methoxy groups -OCH3 is 1. The Labute approximate surface area is 164 Å². The van der Waals surface area contributed by atoms with Crippen molar-refractivity contribution >= 4 is 39.8 Å². The van der Waals surface area contributed by atoms with Gasteiger partial charge in [-0.05, 0) is 45.4 Å². The van der Waals surface area contributed by atoms with Crippen molar-refractivity contribution in [2.75, 3.05) is 39.6 Å². The number of hydrogen-bond acceptors (Lipinski definition) is 4. The second-order valence-corrected chi connectivity index (χ2v) is 9.83. The van der Waals surface area contributed by atoms with Gasteiger partial charge in [0.25, 0.3) is 0 Å². The fourth-order valence-electron chi connectivity index (χ4n) is 2.51. The van der Waals surface area contributed by atoms with E-state index in [1.165, 1.54) is 25.5 Å². The molecule has 0 bridgehead atoms. The maximum Gasteiger partial charge on any atom is 0.191 e. The fourth-order valence-corrected chi connectivity index (χ4v) is 2.81. The zero-order valence-electron chi connectivity index (χ0n) is 15.6. The average Bonchev–Trinajstić information content (AvgIpc) is 2.41. The third kappa shape index (κ3) is 7.03. The first-order valence-corrected chi connectivity index (χ1v) is 10.3. The number of hydrogen-bond donors (Lipinski definition) is 2. The van der Waals surface area contributed by atoms with Crippen molar-refractivity contribution < 1.29 is 13.2 Å². The number of ether oxygens (including phenoxy) is 1. The molecule has 0 atom stereocenters. The van der Waals surface area contributed by atoms with Crippen molar-refractivity contribution in [1.29, 1.82) is 0 Å². The van der Waals surface area contributed by atoms with Gasteiger partial charge in [-0.2, -0.15) is 0 Å². The molecule has 0 aromatic heterocycles. The Hall–Kier alpha value is -0.0900. The summed E-state index contributed by atoms with van der Waals surface area (Å²) in [5, 5.41) is 6.58. The standard InChI is InChI=1S/C16H33N3O3S.HI/c1-6-17-14(18-12-15(2,3)23(5,20)21)19-13-16(8-7-9-16)10-11-22-4;/h6-13H2,1-5H3,(H2,17,18,19);1H. The summed E-state index contributed by atoms with van der Waals surface area (Å²) in [4.78, 5) is 4.48. The minimum Gasteiger partial charge on any atom is -0.385 e. The highest BCUT2D eigenvalue weighted by molar-refractivity contribution is 14.0. The van der Waals surface area contributed by atoms with Crippen LogP contribution in [0.15, 0.2) is 4.99 Å². The highest BCUT2D eigenvalue weighted by Crippen LogP contribution is 2.43. The molecule has 2 N–H and O–H groups in total. The lowest BCUT2D eigenvalue weighted by Crippen LogP contribution is -2.47. The summed E-state index contributed by atoms with van der Waals surface area (Å²) in [5.41, 5.74) is 0.290. The molecule has 0 aliphatic heterocycles. The molecule has 0 aromatic rings. The first-order valence-electron chi connectivity index (χ1n) is 8.36.